The summed E-state index contributed by atoms with van der Waals surface area (Å²) in [4.78, 5) is 12.8. The average molecular weight is 664 g/mol. The normalized spacial score (nSPS) is 29.2. The first-order valence-electron chi connectivity index (χ1n) is 10.5. The van der Waals surface area contributed by atoms with Gasteiger partial charge in [0.2, 0.25) is 0 Å². The Bertz CT molecular complexity index is 1110. The second kappa shape index (κ2) is 8.25. The van der Waals surface area contributed by atoms with Crippen molar-refractivity contribution in [2.45, 2.75) is 42.9 Å². The van der Waals surface area contributed by atoms with Crippen molar-refractivity contribution < 1.29 is 22.5 Å². The highest BCUT2D eigenvalue weighted by molar-refractivity contribution is 14.1. The van der Waals surface area contributed by atoms with E-state index >= 15 is 0 Å². The summed E-state index contributed by atoms with van der Waals surface area (Å²) in [6.07, 6.45) is 5.77. The lowest BCUT2D eigenvalue weighted by Gasteiger charge is -2.54. The number of hydrogen-bond acceptors (Lipinski definition) is 4. The summed E-state index contributed by atoms with van der Waals surface area (Å²) in [7, 11) is -4.37. The molecule has 0 saturated heterocycles. The third-order valence-corrected chi connectivity index (χ3v) is 9.95. The van der Waals surface area contributed by atoms with Gasteiger partial charge in [0.15, 0.2) is 0 Å². The third kappa shape index (κ3) is 4.17. The molecule has 4 bridgehead atoms. The molecule has 8 heteroatoms. The van der Waals surface area contributed by atoms with E-state index in [0.717, 1.165) is 44.7 Å². The van der Waals surface area contributed by atoms with Gasteiger partial charge >= 0.3 is 5.97 Å². The van der Waals surface area contributed by atoms with Crippen LogP contribution in [0.25, 0.3) is 0 Å². The number of benzene rings is 2. The topological polar surface area (TPSA) is 80.7 Å². The number of carbonyl (C=O) groups excluding carboxylic acids is 1. The molecule has 4 fully saturated rings. The van der Waals surface area contributed by atoms with E-state index < -0.39 is 16.1 Å². The molecule has 31 heavy (non-hydrogen) atoms. The second-order valence-corrected chi connectivity index (χ2v) is 12.8. The molecule has 2 aromatic rings. The number of ether oxygens (including phenoxy) is 1. The van der Waals surface area contributed by atoms with Crippen molar-refractivity contribution in [1.82, 2.24) is 0 Å². The van der Waals surface area contributed by atoms with Crippen molar-refractivity contribution in [2.24, 2.45) is 23.7 Å². The molecule has 4 saturated carbocycles. The minimum absolute atomic E-state index is 0.0476. The summed E-state index contributed by atoms with van der Waals surface area (Å²) in [6.45, 7) is 0. The minimum Gasteiger partial charge on any atom is -0.423 e. The molecule has 5 nitrogen and oxygen atoms in total. The van der Waals surface area contributed by atoms with Crippen molar-refractivity contribution in [2.75, 3.05) is 0 Å². The maximum Gasteiger partial charge on any atom is 0.345 e. The Morgan fingerprint density at radius 1 is 0.935 bits per heavy atom. The fourth-order valence-corrected chi connectivity index (χ4v) is 9.05. The monoisotopic (exact) mass is 664 g/mol. The van der Waals surface area contributed by atoms with E-state index in [4.69, 9.17) is 4.74 Å². The summed E-state index contributed by atoms with van der Waals surface area (Å²) < 4.78 is 41.6. The molecule has 0 aliphatic heterocycles. The van der Waals surface area contributed by atoms with Crippen LogP contribution in [0, 0.1) is 30.8 Å². The van der Waals surface area contributed by atoms with Crippen LogP contribution in [0.3, 0.4) is 0 Å². The van der Waals surface area contributed by atoms with Gasteiger partial charge in [-0.15, -0.1) is 0 Å². The summed E-state index contributed by atoms with van der Waals surface area (Å²) in [5, 5.41) is 0. The van der Waals surface area contributed by atoms with Crippen molar-refractivity contribution in [3.05, 3.63) is 54.7 Å². The van der Waals surface area contributed by atoms with E-state index in [0.29, 0.717) is 28.7 Å². The molecule has 6 rings (SSSR count). The number of carbonyl (C=O) groups is 1. The highest BCUT2D eigenvalue weighted by Crippen LogP contribution is 2.60. The van der Waals surface area contributed by atoms with Crippen molar-refractivity contribution in [3.63, 3.8) is 0 Å². The van der Waals surface area contributed by atoms with Gasteiger partial charge < -0.3 is 4.74 Å². The highest BCUT2D eigenvalue weighted by atomic mass is 127. The van der Waals surface area contributed by atoms with Gasteiger partial charge in [-0.05, 0) is 143 Å². The van der Waals surface area contributed by atoms with E-state index in [2.05, 4.69) is 45.2 Å². The van der Waals surface area contributed by atoms with Crippen LogP contribution in [0.4, 0.5) is 0 Å². The molecule has 1 N–H and O–H groups in total. The summed E-state index contributed by atoms with van der Waals surface area (Å²) >= 11 is 4.21. The van der Waals surface area contributed by atoms with E-state index in [-0.39, 0.29) is 10.8 Å². The lowest BCUT2D eigenvalue weighted by Crippen LogP contribution is -2.44. The van der Waals surface area contributed by atoms with Crippen LogP contribution in [-0.2, 0) is 10.1 Å². The van der Waals surface area contributed by atoms with Crippen molar-refractivity contribution >= 4 is 61.3 Å². The molecule has 0 atom stereocenters. The van der Waals surface area contributed by atoms with Crippen LogP contribution in [0.2, 0.25) is 0 Å². The molecule has 0 radical (unpaired) electrons. The molecular formula is C23H22I2O5S. The Kier molecular flexibility index (Phi) is 5.88. The zero-order valence-electron chi connectivity index (χ0n) is 16.6. The molecular weight excluding hydrogens is 642 g/mol. The molecule has 4 aliphatic rings. The Balaban J connectivity index is 1.52. The van der Waals surface area contributed by atoms with E-state index in [9.17, 15) is 17.8 Å². The SMILES string of the molecule is O=C(Oc1ccc(S(=O)(=O)O)c(C2C3CC4CC(C3)CC2C4)c1)c1c(I)cccc1I. The lowest BCUT2D eigenvalue weighted by atomic mass is 9.51. The predicted molar refractivity (Wildman–Crippen MR) is 133 cm³/mol. The van der Waals surface area contributed by atoms with Gasteiger partial charge in [0.25, 0.3) is 10.1 Å². The number of hydrogen-bond donors (Lipinski definition) is 1. The fourth-order valence-electron chi connectivity index (χ4n) is 6.37. The van der Waals surface area contributed by atoms with Crippen molar-refractivity contribution in [1.29, 1.82) is 0 Å². The smallest absolute Gasteiger partial charge is 0.345 e. The van der Waals surface area contributed by atoms with Gasteiger partial charge in [0, 0.05) is 7.14 Å². The molecule has 0 aromatic heterocycles. The summed E-state index contributed by atoms with van der Waals surface area (Å²) in [5.41, 5.74) is 1.11. The van der Waals surface area contributed by atoms with Gasteiger partial charge in [-0.3, -0.25) is 4.55 Å². The molecule has 0 unspecified atom stereocenters. The van der Waals surface area contributed by atoms with Crippen LogP contribution < -0.4 is 4.74 Å². The van der Waals surface area contributed by atoms with Gasteiger partial charge in [-0.25, -0.2) is 4.79 Å². The minimum atomic E-state index is -4.37. The Hall–Kier alpha value is -0.720. The summed E-state index contributed by atoms with van der Waals surface area (Å²) in [6, 6.07) is 10.1. The fraction of sp³-hybridized carbons (Fsp3) is 0.435. The maximum atomic E-state index is 12.9. The first-order chi connectivity index (χ1) is 14.7. The molecule has 0 spiro atoms. The van der Waals surface area contributed by atoms with E-state index in [1.165, 1.54) is 18.6 Å². The largest absolute Gasteiger partial charge is 0.423 e. The zero-order valence-corrected chi connectivity index (χ0v) is 21.8. The summed E-state index contributed by atoms with van der Waals surface area (Å²) in [5.74, 6) is 2.28. The van der Waals surface area contributed by atoms with Gasteiger partial charge in [0.1, 0.15) is 5.75 Å². The number of rotatable bonds is 4. The molecule has 4 aliphatic carbocycles. The van der Waals surface area contributed by atoms with Crippen LogP contribution in [0.5, 0.6) is 5.75 Å². The average Bonchev–Trinajstić information content (AvgIpc) is 2.66. The number of halogens is 2. The molecule has 0 amide bonds. The first-order valence-corrected chi connectivity index (χ1v) is 14.1. The Labute approximate surface area is 209 Å². The number of esters is 1. The molecule has 164 valence electrons. The van der Waals surface area contributed by atoms with Gasteiger partial charge in [-0.1, -0.05) is 6.07 Å². The van der Waals surface area contributed by atoms with Crippen LogP contribution in [-0.4, -0.2) is 18.9 Å². The Morgan fingerprint density at radius 2 is 1.52 bits per heavy atom. The van der Waals surface area contributed by atoms with Gasteiger partial charge in [0.05, 0.1) is 10.5 Å². The molecule has 2 aromatic carbocycles. The third-order valence-electron chi connectivity index (χ3n) is 7.22. The standard InChI is InChI=1S/C23H22I2O5S/c24-18-2-1-3-19(25)22(18)23(26)30-16-4-5-20(31(27,28)29)17(11-16)21-14-7-12-6-13(9-14)10-15(21)8-12/h1-5,11-15,21H,6-10H2,(H,27,28,29). The van der Waals surface area contributed by atoms with Crippen LogP contribution in [0.15, 0.2) is 41.3 Å². The van der Waals surface area contributed by atoms with E-state index in [1.807, 2.05) is 18.2 Å². The highest BCUT2D eigenvalue weighted by Gasteiger charge is 2.49. The quantitative estimate of drug-likeness (QED) is 0.191. The zero-order chi connectivity index (χ0) is 21.9. The van der Waals surface area contributed by atoms with Crippen LogP contribution in [0.1, 0.15) is 53.9 Å². The molecule has 0 heterocycles. The van der Waals surface area contributed by atoms with E-state index in [1.54, 1.807) is 6.07 Å². The van der Waals surface area contributed by atoms with Crippen LogP contribution >= 0.6 is 45.2 Å². The van der Waals surface area contributed by atoms with Crippen molar-refractivity contribution in [3.8, 4) is 5.75 Å². The maximum absolute atomic E-state index is 12.9. The Morgan fingerprint density at radius 3 is 2.06 bits per heavy atom. The lowest BCUT2D eigenvalue weighted by molar-refractivity contribution is -0.00373. The second-order valence-electron chi connectivity index (χ2n) is 9.12. The predicted octanol–water partition coefficient (Wildman–Crippen LogP) is 5.90. The first kappa shape index (κ1) is 22.1. The van der Waals surface area contributed by atoms with Gasteiger partial charge in [-0.2, -0.15) is 8.42 Å².